The lowest BCUT2D eigenvalue weighted by Crippen LogP contribution is -2.13. The van der Waals surface area contributed by atoms with Crippen LogP contribution in [0.3, 0.4) is 0 Å². The summed E-state index contributed by atoms with van der Waals surface area (Å²) in [5.74, 6) is -0.297. The highest BCUT2D eigenvalue weighted by atomic mass is 32.2. The van der Waals surface area contributed by atoms with Crippen LogP contribution in [0.15, 0.2) is 17.4 Å². The van der Waals surface area contributed by atoms with Gasteiger partial charge in [0.1, 0.15) is 12.9 Å². The van der Waals surface area contributed by atoms with Gasteiger partial charge in [0.15, 0.2) is 5.82 Å². The summed E-state index contributed by atoms with van der Waals surface area (Å²) in [6.45, 7) is 2.64. The van der Waals surface area contributed by atoms with Crippen LogP contribution in [0.5, 0.6) is 0 Å². The molecule has 0 aromatic carbocycles. The standard InChI is InChI=1S/C9H13N7O4S/c1-2-3-15-8(11-6-12-15)5-14-4-7(21(10,19)20)9(13-14)16(17)18/h4,6H,2-3,5H2,1H3,(H2,10,19,20). The highest BCUT2D eigenvalue weighted by molar-refractivity contribution is 7.89. The number of aromatic nitrogens is 5. The fraction of sp³-hybridized carbons (Fsp3) is 0.444. The fourth-order valence-electron chi connectivity index (χ4n) is 1.76. The van der Waals surface area contributed by atoms with E-state index >= 15 is 0 Å². The molecule has 0 saturated carbocycles. The molecule has 0 aliphatic rings. The van der Waals surface area contributed by atoms with Gasteiger partial charge in [0.05, 0.1) is 11.3 Å². The van der Waals surface area contributed by atoms with E-state index in [4.69, 9.17) is 5.14 Å². The summed E-state index contributed by atoms with van der Waals surface area (Å²) in [4.78, 5) is 13.3. The number of aryl methyl sites for hydroxylation is 1. The van der Waals surface area contributed by atoms with Gasteiger partial charge in [0, 0.05) is 6.54 Å². The molecule has 0 radical (unpaired) electrons. The first-order valence-corrected chi connectivity index (χ1v) is 7.49. The van der Waals surface area contributed by atoms with Crippen molar-refractivity contribution in [2.75, 3.05) is 0 Å². The average Bonchev–Trinajstić information content (AvgIpc) is 2.97. The summed E-state index contributed by atoms with van der Waals surface area (Å²) in [5.41, 5.74) is 0. The molecular formula is C9H13N7O4S. The Morgan fingerprint density at radius 1 is 1.48 bits per heavy atom. The quantitative estimate of drug-likeness (QED) is 0.556. The smallest absolute Gasteiger partial charge is 0.358 e. The molecule has 2 rings (SSSR count). The number of nitrogens with two attached hydrogens (primary N) is 1. The second-order valence-electron chi connectivity index (χ2n) is 4.22. The molecule has 0 aliphatic heterocycles. The number of nitro groups is 1. The third kappa shape index (κ3) is 3.22. The Morgan fingerprint density at radius 2 is 2.19 bits per heavy atom. The maximum atomic E-state index is 11.3. The Bertz CT molecular complexity index is 763. The van der Waals surface area contributed by atoms with Crippen molar-refractivity contribution in [1.29, 1.82) is 0 Å². The molecule has 2 N–H and O–H groups in total. The van der Waals surface area contributed by atoms with Crippen molar-refractivity contribution >= 4 is 15.8 Å². The Kier molecular flexibility index (Phi) is 3.99. The Hall–Kier alpha value is -2.34. The van der Waals surface area contributed by atoms with Gasteiger partial charge < -0.3 is 10.1 Å². The summed E-state index contributed by atoms with van der Waals surface area (Å²) in [6, 6.07) is 0. The van der Waals surface area contributed by atoms with Crippen LogP contribution in [0.1, 0.15) is 19.2 Å². The lowest BCUT2D eigenvalue weighted by atomic mass is 10.5. The average molecular weight is 315 g/mol. The molecule has 0 atom stereocenters. The summed E-state index contributed by atoms with van der Waals surface area (Å²) in [6.07, 6.45) is 3.19. The molecule has 2 aromatic heterocycles. The lowest BCUT2D eigenvalue weighted by Gasteiger charge is -2.01. The molecule has 12 heteroatoms. The minimum Gasteiger partial charge on any atom is -0.358 e. The molecule has 0 spiro atoms. The van der Waals surface area contributed by atoms with Crippen LogP contribution < -0.4 is 5.14 Å². The Labute approximate surface area is 119 Å². The van der Waals surface area contributed by atoms with Crippen molar-refractivity contribution in [2.45, 2.75) is 31.3 Å². The molecule has 114 valence electrons. The zero-order valence-electron chi connectivity index (χ0n) is 11.1. The number of nitrogens with zero attached hydrogens (tertiary/aromatic N) is 6. The van der Waals surface area contributed by atoms with Crippen LogP contribution in [0, 0.1) is 10.1 Å². The van der Waals surface area contributed by atoms with Crippen molar-refractivity contribution in [1.82, 2.24) is 24.5 Å². The summed E-state index contributed by atoms with van der Waals surface area (Å²) in [7, 11) is -4.22. The minimum atomic E-state index is -4.22. The lowest BCUT2D eigenvalue weighted by molar-refractivity contribution is -0.392. The van der Waals surface area contributed by atoms with Crippen LogP contribution in [0.2, 0.25) is 0 Å². The second kappa shape index (κ2) is 5.57. The first-order valence-electron chi connectivity index (χ1n) is 5.94. The first-order chi connectivity index (χ1) is 9.82. The van der Waals surface area contributed by atoms with E-state index in [0.717, 1.165) is 17.3 Å². The van der Waals surface area contributed by atoms with Crippen molar-refractivity contribution in [3.05, 3.63) is 28.5 Å². The fourth-order valence-corrected chi connectivity index (χ4v) is 2.39. The van der Waals surface area contributed by atoms with Gasteiger partial charge in [-0.2, -0.15) is 9.78 Å². The molecule has 0 amide bonds. The van der Waals surface area contributed by atoms with E-state index in [2.05, 4.69) is 15.2 Å². The van der Waals surface area contributed by atoms with Gasteiger partial charge in [-0.15, -0.1) is 0 Å². The van der Waals surface area contributed by atoms with E-state index in [-0.39, 0.29) is 6.54 Å². The second-order valence-corrected chi connectivity index (χ2v) is 5.75. The van der Waals surface area contributed by atoms with Crippen molar-refractivity contribution < 1.29 is 13.3 Å². The van der Waals surface area contributed by atoms with Crippen LogP contribution in [0.25, 0.3) is 0 Å². The highest BCUT2D eigenvalue weighted by Gasteiger charge is 2.29. The van der Waals surface area contributed by atoms with E-state index in [1.807, 2.05) is 6.92 Å². The monoisotopic (exact) mass is 315 g/mol. The van der Waals surface area contributed by atoms with Crippen LogP contribution >= 0.6 is 0 Å². The van der Waals surface area contributed by atoms with Crippen LogP contribution in [-0.2, 0) is 23.1 Å². The van der Waals surface area contributed by atoms with Gasteiger partial charge in [0.2, 0.25) is 14.9 Å². The van der Waals surface area contributed by atoms with E-state index in [0.29, 0.717) is 12.4 Å². The van der Waals surface area contributed by atoms with Crippen molar-refractivity contribution in [3.63, 3.8) is 0 Å². The molecular weight excluding hydrogens is 302 g/mol. The zero-order valence-corrected chi connectivity index (χ0v) is 11.9. The Morgan fingerprint density at radius 3 is 2.71 bits per heavy atom. The van der Waals surface area contributed by atoms with Crippen LogP contribution in [0.4, 0.5) is 5.82 Å². The van der Waals surface area contributed by atoms with E-state index in [1.54, 1.807) is 4.68 Å². The first kappa shape index (κ1) is 15.1. The number of primary sulfonamides is 1. The molecule has 0 fully saturated rings. The largest absolute Gasteiger partial charge is 0.410 e. The van der Waals surface area contributed by atoms with Gasteiger partial charge in [-0.3, -0.25) is 0 Å². The topological polar surface area (TPSA) is 152 Å². The predicted octanol–water partition coefficient (Wildman–Crippen LogP) is -0.511. The minimum absolute atomic E-state index is 0.0519. The van der Waals surface area contributed by atoms with Crippen LogP contribution in [-0.4, -0.2) is 37.9 Å². The van der Waals surface area contributed by atoms with E-state index < -0.39 is 25.7 Å². The van der Waals surface area contributed by atoms with Crippen molar-refractivity contribution in [2.24, 2.45) is 5.14 Å². The predicted molar refractivity (Wildman–Crippen MR) is 69.7 cm³/mol. The molecule has 21 heavy (non-hydrogen) atoms. The molecule has 2 aromatic rings. The number of rotatable bonds is 6. The number of hydrogen-bond donors (Lipinski definition) is 1. The third-order valence-electron chi connectivity index (χ3n) is 2.62. The van der Waals surface area contributed by atoms with Gasteiger partial charge in [-0.25, -0.2) is 23.2 Å². The number of sulfonamides is 1. The maximum Gasteiger partial charge on any atom is 0.410 e. The van der Waals surface area contributed by atoms with E-state index in [9.17, 15) is 18.5 Å². The normalized spacial score (nSPS) is 11.7. The summed E-state index contributed by atoms with van der Waals surface area (Å²) < 4.78 is 25.4. The molecule has 11 nitrogen and oxygen atoms in total. The highest BCUT2D eigenvalue weighted by Crippen LogP contribution is 2.20. The number of hydrogen-bond acceptors (Lipinski definition) is 7. The van der Waals surface area contributed by atoms with Gasteiger partial charge >= 0.3 is 5.82 Å². The third-order valence-corrected chi connectivity index (χ3v) is 3.52. The van der Waals surface area contributed by atoms with E-state index in [1.165, 1.54) is 6.33 Å². The molecule has 2 heterocycles. The summed E-state index contributed by atoms with van der Waals surface area (Å²) >= 11 is 0. The zero-order chi connectivity index (χ0) is 15.6. The maximum absolute atomic E-state index is 11.3. The molecule has 0 saturated heterocycles. The molecule has 0 unspecified atom stereocenters. The molecule has 0 aliphatic carbocycles. The van der Waals surface area contributed by atoms with Gasteiger partial charge in [0.25, 0.3) is 0 Å². The van der Waals surface area contributed by atoms with Gasteiger partial charge in [-0.1, -0.05) is 6.92 Å². The Balaban J connectivity index is 2.37. The van der Waals surface area contributed by atoms with Crippen molar-refractivity contribution in [3.8, 4) is 0 Å². The van der Waals surface area contributed by atoms with Gasteiger partial charge in [-0.05, 0) is 11.3 Å². The SMILES string of the molecule is CCCn1ncnc1Cn1cc(S(N)(=O)=O)c([N+](=O)[O-])n1. The molecule has 0 bridgehead atoms. The summed E-state index contributed by atoms with van der Waals surface area (Å²) in [5, 5.41) is 23.4.